The monoisotopic (exact) mass is 762 g/mol. The van der Waals surface area contributed by atoms with Gasteiger partial charge in [0.2, 0.25) is 0 Å². The lowest BCUT2D eigenvalue weighted by molar-refractivity contribution is -0.389. The van der Waals surface area contributed by atoms with E-state index in [1.165, 1.54) is 0 Å². The van der Waals surface area contributed by atoms with Crippen LogP contribution in [0.2, 0.25) is 0 Å². The Morgan fingerprint density at radius 3 is 1.91 bits per heavy atom. The van der Waals surface area contributed by atoms with Crippen LogP contribution in [0.3, 0.4) is 0 Å². The molecule has 0 aliphatic carbocycles. The van der Waals surface area contributed by atoms with Crippen LogP contribution in [0.15, 0.2) is 54.6 Å². The molecule has 1 atom stereocenters. The molecule has 0 saturated heterocycles. The second kappa shape index (κ2) is 12.1. The molecule has 1 unspecified atom stereocenters. The Labute approximate surface area is 250 Å². The number of anilines is 2. The molecule has 0 heterocycles. The van der Waals surface area contributed by atoms with Gasteiger partial charge in [0.15, 0.2) is 5.82 Å². The third kappa shape index (κ3) is 6.15. The van der Waals surface area contributed by atoms with Gasteiger partial charge in [-0.2, -0.15) is 40.2 Å². The average molecular weight is 762 g/mol. The van der Waals surface area contributed by atoms with Gasteiger partial charge in [-0.15, -0.1) is 0 Å². The Balaban J connectivity index is 2.08. The van der Waals surface area contributed by atoms with Crippen LogP contribution in [0.5, 0.6) is 0 Å². The van der Waals surface area contributed by atoms with Crippen molar-refractivity contribution in [1.29, 1.82) is 0 Å². The summed E-state index contributed by atoms with van der Waals surface area (Å²) in [7, 11) is 0. The SMILES string of the molecule is O=C(Nc1c(I)cc(C(F)(C(F)(F)F)C(F)(F)C(F)(F)F)cc1C(F)F)c1cccc(N(O)C(=O)c2ccc(F)cc2)c1F. The van der Waals surface area contributed by atoms with Crippen molar-refractivity contribution in [3.05, 3.63) is 92.1 Å². The van der Waals surface area contributed by atoms with Gasteiger partial charge in [-0.3, -0.25) is 14.8 Å². The molecule has 2 N–H and O–H groups in total. The topological polar surface area (TPSA) is 69.6 Å². The Hall–Kier alpha value is -3.62. The maximum Gasteiger partial charge on any atom is 0.457 e. The first-order valence-electron chi connectivity index (χ1n) is 11.3. The molecule has 0 aliphatic heterocycles. The van der Waals surface area contributed by atoms with E-state index in [0.29, 0.717) is 6.07 Å². The lowest BCUT2D eigenvalue weighted by Crippen LogP contribution is -2.59. The molecule has 2 amide bonds. The average Bonchev–Trinajstić information content (AvgIpc) is 2.91. The van der Waals surface area contributed by atoms with Crippen LogP contribution < -0.4 is 10.4 Å². The molecule has 0 saturated carbocycles. The van der Waals surface area contributed by atoms with Crippen molar-refractivity contribution in [2.45, 2.75) is 30.4 Å². The number of benzene rings is 3. The standard InChI is InChI=1S/C25H12F13IN2O3/c26-12-6-4-10(5-7-12)21(43)41(44)16-3-1-2-13(17(16)27)20(42)40-18-14(19(28)29)8-11(9-15(18)39)22(30,24(33,34)35)23(31,32)25(36,37)38/h1-9,19,44H,(H,40,42). The molecular weight excluding hydrogens is 750 g/mol. The molecule has 0 aliphatic rings. The predicted octanol–water partition coefficient (Wildman–Crippen LogP) is 8.72. The minimum absolute atomic E-state index is 0.293. The zero-order chi connectivity index (χ0) is 33.6. The van der Waals surface area contributed by atoms with Gasteiger partial charge in [0.05, 0.1) is 11.3 Å². The normalized spacial score (nSPS) is 13.9. The van der Waals surface area contributed by atoms with Gasteiger partial charge in [-0.05, 0) is 71.1 Å². The molecule has 238 valence electrons. The van der Waals surface area contributed by atoms with Crippen molar-refractivity contribution in [2.24, 2.45) is 0 Å². The lowest BCUT2D eigenvalue weighted by Gasteiger charge is -2.36. The summed E-state index contributed by atoms with van der Waals surface area (Å²) >= 11 is 0.837. The zero-order valence-electron chi connectivity index (χ0n) is 20.8. The van der Waals surface area contributed by atoms with E-state index < -0.39 is 91.5 Å². The van der Waals surface area contributed by atoms with Gasteiger partial charge in [-0.25, -0.2) is 22.0 Å². The fourth-order valence-corrected chi connectivity index (χ4v) is 4.49. The Kier molecular flexibility index (Phi) is 9.55. The van der Waals surface area contributed by atoms with Crippen LogP contribution in [0.4, 0.5) is 68.5 Å². The fourth-order valence-electron chi connectivity index (χ4n) is 3.71. The van der Waals surface area contributed by atoms with Gasteiger partial charge in [0.1, 0.15) is 11.5 Å². The molecule has 0 spiro atoms. The highest BCUT2D eigenvalue weighted by Crippen LogP contribution is 2.59. The Morgan fingerprint density at radius 1 is 0.841 bits per heavy atom. The van der Waals surface area contributed by atoms with Crippen LogP contribution in [-0.4, -0.2) is 35.3 Å². The molecule has 3 aromatic rings. The minimum atomic E-state index is -7.17. The van der Waals surface area contributed by atoms with E-state index in [0.717, 1.165) is 59.0 Å². The summed E-state index contributed by atoms with van der Waals surface area (Å²) in [6.07, 6.45) is -18.2. The van der Waals surface area contributed by atoms with Crippen molar-refractivity contribution in [1.82, 2.24) is 0 Å². The van der Waals surface area contributed by atoms with E-state index in [4.69, 9.17) is 0 Å². The summed E-state index contributed by atoms with van der Waals surface area (Å²) in [6, 6.07) is 4.81. The quantitative estimate of drug-likeness (QED) is 0.110. The molecule has 0 aromatic heterocycles. The van der Waals surface area contributed by atoms with Crippen LogP contribution in [0.25, 0.3) is 0 Å². The van der Waals surface area contributed by atoms with Crippen molar-refractivity contribution in [3.63, 3.8) is 0 Å². The summed E-state index contributed by atoms with van der Waals surface area (Å²) in [6.45, 7) is 0. The maximum atomic E-state index is 15.2. The molecule has 3 aromatic carbocycles. The first kappa shape index (κ1) is 34.9. The van der Waals surface area contributed by atoms with Crippen molar-refractivity contribution in [3.8, 4) is 0 Å². The van der Waals surface area contributed by atoms with Crippen LogP contribution in [-0.2, 0) is 5.67 Å². The summed E-state index contributed by atoms with van der Waals surface area (Å²) in [4.78, 5) is 25.2. The number of hydrogen-bond donors (Lipinski definition) is 2. The minimum Gasteiger partial charge on any atom is -0.320 e. The van der Waals surface area contributed by atoms with E-state index in [-0.39, 0.29) is 16.7 Å². The number of carbonyl (C=O) groups excluding carboxylic acids is 2. The second-order valence-electron chi connectivity index (χ2n) is 8.67. The van der Waals surface area contributed by atoms with Gasteiger partial charge >= 0.3 is 23.9 Å². The Bertz CT molecular complexity index is 1580. The molecule has 19 heteroatoms. The number of hydroxylamine groups is 1. The van der Waals surface area contributed by atoms with E-state index >= 15 is 4.39 Å². The highest BCUT2D eigenvalue weighted by molar-refractivity contribution is 14.1. The van der Waals surface area contributed by atoms with Gasteiger partial charge in [0, 0.05) is 20.3 Å². The smallest absolute Gasteiger partial charge is 0.320 e. The van der Waals surface area contributed by atoms with Crippen LogP contribution >= 0.6 is 22.6 Å². The number of rotatable bonds is 7. The highest BCUT2D eigenvalue weighted by Gasteiger charge is 2.81. The molecule has 44 heavy (non-hydrogen) atoms. The van der Waals surface area contributed by atoms with Gasteiger partial charge < -0.3 is 5.32 Å². The summed E-state index contributed by atoms with van der Waals surface area (Å²) in [5, 5.41) is 11.5. The van der Waals surface area contributed by atoms with Crippen molar-refractivity contribution >= 4 is 45.8 Å². The highest BCUT2D eigenvalue weighted by atomic mass is 127. The number of hydrogen-bond acceptors (Lipinski definition) is 3. The number of halogens is 14. The van der Waals surface area contributed by atoms with Gasteiger partial charge in [0.25, 0.3) is 18.2 Å². The zero-order valence-corrected chi connectivity index (χ0v) is 22.9. The molecule has 5 nitrogen and oxygen atoms in total. The van der Waals surface area contributed by atoms with Gasteiger partial charge in [-0.1, -0.05) is 6.07 Å². The molecule has 0 fully saturated rings. The number of alkyl halides is 11. The van der Waals surface area contributed by atoms with E-state index in [2.05, 4.69) is 0 Å². The number of carbonyl (C=O) groups is 2. The van der Waals surface area contributed by atoms with Crippen LogP contribution in [0.1, 0.15) is 38.3 Å². The lowest BCUT2D eigenvalue weighted by atomic mass is 9.86. The predicted molar refractivity (Wildman–Crippen MR) is 133 cm³/mol. The van der Waals surface area contributed by atoms with E-state index in [9.17, 15) is 67.5 Å². The Morgan fingerprint density at radius 2 is 1.41 bits per heavy atom. The molecular formula is C25H12F13IN2O3. The molecule has 0 bridgehead atoms. The van der Waals surface area contributed by atoms with Crippen molar-refractivity contribution < 1.29 is 71.9 Å². The third-order valence-electron chi connectivity index (χ3n) is 5.91. The van der Waals surface area contributed by atoms with Crippen molar-refractivity contribution in [2.75, 3.05) is 10.4 Å². The number of nitrogens with one attached hydrogen (secondary N) is 1. The van der Waals surface area contributed by atoms with E-state index in [1.807, 2.05) is 0 Å². The summed E-state index contributed by atoms with van der Waals surface area (Å²) in [5.74, 6) is -12.6. The first-order chi connectivity index (χ1) is 20.1. The van der Waals surface area contributed by atoms with E-state index in [1.54, 1.807) is 5.32 Å². The summed E-state index contributed by atoms with van der Waals surface area (Å²) in [5.41, 5.74) is -14.7. The number of amides is 2. The second-order valence-corrected chi connectivity index (χ2v) is 9.83. The largest absolute Gasteiger partial charge is 0.457 e. The first-order valence-corrected chi connectivity index (χ1v) is 12.3. The van der Waals surface area contributed by atoms with Crippen LogP contribution in [0, 0.1) is 15.2 Å². The maximum absolute atomic E-state index is 15.2. The fraction of sp³-hybridized carbons (Fsp3) is 0.200. The molecule has 3 rings (SSSR count). The molecule has 0 radical (unpaired) electrons. The summed E-state index contributed by atoms with van der Waals surface area (Å²) < 4.78 is 176. The third-order valence-corrected chi connectivity index (χ3v) is 6.76. The number of nitrogens with zero attached hydrogens (tertiary/aromatic N) is 1.